The third kappa shape index (κ3) is 2.22. The highest BCUT2D eigenvalue weighted by atomic mass is 32.2. The molecule has 1 saturated heterocycles. The minimum absolute atomic E-state index is 0.297. The largest absolute Gasteiger partial charge is 0.303 e. The molecule has 1 aliphatic rings. The molecular formula is C9H16OS. The zero-order valence-corrected chi connectivity index (χ0v) is 8.28. The van der Waals surface area contributed by atoms with Crippen LogP contribution < -0.4 is 0 Å². The molecule has 0 aromatic rings. The molecule has 2 unspecified atom stereocenters. The quantitative estimate of drug-likeness (QED) is 0.565. The number of carbonyl (C=O) groups excluding carboxylic acids is 1. The van der Waals surface area contributed by atoms with Crippen LogP contribution in [-0.4, -0.2) is 16.8 Å². The van der Waals surface area contributed by atoms with Crippen molar-refractivity contribution in [2.45, 2.75) is 31.9 Å². The molecule has 0 aromatic carbocycles. The molecule has 1 heterocycles. The van der Waals surface area contributed by atoms with Crippen LogP contribution in [-0.2, 0) is 4.79 Å². The summed E-state index contributed by atoms with van der Waals surface area (Å²) >= 11 is 1.99. The van der Waals surface area contributed by atoms with Gasteiger partial charge in [0.25, 0.3) is 0 Å². The Labute approximate surface area is 72.9 Å². The molecule has 0 amide bonds. The van der Waals surface area contributed by atoms with Crippen molar-refractivity contribution < 1.29 is 4.79 Å². The lowest BCUT2D eigenvalue weighted by molar-refractivity contribution is -0.112. The Kier molecular flexibility index (Phi) is 2.63. The monoisotopic (exact) mass is 172 g/mol. The van der Waals surface area contributed by atoms with Crippen molar-refractivity contribution in [3.8, 4) is 0 Å². The molecule has 0 saturated carbocycles. The van der Waals surface area contributed by atoms with Crippen molar-refractivity contribution in [3.63, 3.8) is 0 Å². The Balaban J connectivity index is 2.58. The molecule has 1 nitrogen and oxygen atoms in total. The Morgan fingerprint density at radius 2 is 2.18 bits per heavy atom. The number of hydrogen-bond acceptors (Lipinski definition) is 2. The van der Waals surface area contributed by atoms with Crippen molar-refractivity contribution in [2.24, 2.45) is 11.8 Å². The highest BCUT2D eigenvalue weighted by Crippen LogP contribution is 2.40. The fourth-order valence-electron chi connectivity index (χ4n) is 1.49. The molecule has 0 N–H and O–H groups in total. The molecule has 1 aliphatic heterocycles. The van der Waals surface area contributed by atoms with Crippen molar-refractivity contribution in [2.75, 3.05) is 5.75 Å². The van der Waals surface area contributed by atoms with Crippen LogP contribution in [0.5, 0.6) is 0 Å². The lowest BCUT2D eigenvalue weighted by atomic mass is 9.87. The second-order valence-electron chi connectivity index (χ2n) is 4.05. The third-order valence-corrected chi connectivity index (χ3v) is 4.01. The van der Waals surface area contributed by atoms with E-state index in [1.807, 2.05) is 11.8 Å². The summed E-state index contributed by atoms with van der Waals surface area (Å²) in [6.07, 6.45) is 2.18. The summed E-state index contributed by atoms with van der Waals surface area (Å²) < 4.78 is 0.318. The lowest BCUT2D eigenvalue weighted by Gasteiger charge is -2.36. The molecule has 1 rings (SSSR count). The minimum Gasteiger partial charge on any atom is -0.303 e. The van der Waals surface area contributed by atoms with Gasteiger partial charge in [-0.1, -0.05) is 20.8 Å². The fourth-order valence-corrected chi connectivity index (χ4v) is 2.76. The van der Waals surface area contributed by atoms with Crippen molar-refractivity contribution >= 4 is 18.0 Å². The number of aldehydes is 1. The number of carbonyl (C=O) groups is 1. The first-order valence-corrected chi connectivity index (χ1v) is 5.13. The van der Waals surface area contributed by atoms with E-state index >= 15 is 0 Å². The van der Waals surface area contributed by atoms with Crippen LogP contribution in [0.1, 0.15) is 27.2 Å². The Bertz CT molecular complexity index is 154. The van der Waals surface area contributed by atoms with E-state index in [9.17, 15) is 4.79 Å². The van der Waals surface area contributed by atoms with Crippen LogP contribution in [0.15, 0.2) is 0 Å². The molecule has 0 radical (unpaired) electrons. The Hall–Kier alpha value is 0.0200. The second-order valence-corrected chi connectivity index (χ2v) is 5.78. The first kappa shape index (κ1) is 9.11. The van der Waals surface area contributed by atoms with E-state index in [2.05, 4.69) is 20.8 Å². The van der Waals surface area contributed by atoms with Gasteiger partial charge in [0.15, 0.2) is 0 Å². The summed E-state index contributed by atoms with van der Waals surface area (Å²) in [5, 5.41) is 0. The van der Waals surface area contributed by atoms with E-state index < -0.39 is 0 Å². The van der Waals surface area contributed by atoms with E-state index in [1.54, 1.807) is 0 Å². The maximum atomic E-state index is 10.6. The summed E-state index contributed by atoms with van der Waals surface area (Å²) in [5.41, 5.74) is 0. The van der Waals surface area contributed by atoms with Gasteiger partial charge >= 0.3 is 0 Å². The van der Waals surface area contributed by atoms with Crippen molar-refractivity contribution in [1.82, 2.24) is 0 Å². The van der Waals surface area contributed by atoms with Gasteiger partial charge in [0.1, 0.15) is 6.29 Å². The number of thioether (sulfide) groups is 1. The van der Waals surface area contributed by atoms with Crippen molar-refractivity contribution in [3.05, 3.63) is 0 Å². The summed E-state index contributed by atoms with van der Waals surface area (Å²) in [5.74, 6) is 2.01. The smallest absolute Gasteiger partial charge is 0.123 e. The van der Waals surface area contributed by atoms with Gasteiger partial charge in [-0.3, -0.25) is 0 Å². The third-order valence-electron chi connectivity index (χ3n) is 2.37. The molecule has 0 aromatic heterocycles. The topological polar surface area (TPSA) is 17.1 Å². The van der Waals surface area contributed by atoms with Gasteiger partial charge in [0, 0.05) is 10.7 Å². The van der Waals surface area contributed by atoms with Gasteiger partial charge in [-0.2, -0.15) is 11.8 Å². The highest BCUT2D eigenvalue weighted by molar-refractivity contribution is 8.00. The normalized spacial score (nSPS) is 36.6. The molecule has 11 heavy (non-hydrogen) atoms. The SMILES string of the molecule is CC1CSC(C)(C)CC1C=O. The average Bonchev–Trinajstić information content (AvgIpc) is 1.94. The van der Waals surface area contributed by atoms with Crippen LogP contribution in [0, 0.1) is 11.8 Å². The predicted molar refractivity (Wildman–Crippen MR) is 49.9 cm³/mol. The summed E-state index contributed by atoms with van der Waals surface area (Å²) in [7, 11) is 0. The van der Waals surface area contributed by atoms with E-state index in [0.717, 1.165) is 18.5 Å². The van der Waals surface area contributed by atoms with Crippen LogP contribution in [0.3, 0.4) is 0 Å². The van der Waals surface area contributed by atoms with Crippen LogP contribution >= 0.6 is 11.8 Å². The Morgan fingerprint density at radius 1 is 1.55 bits per heavy atom. The molecule has 1 fully saturated rings. The van der Waals surface area contributed by atoms with Gasteiger partial charge in [-0.05, 0) is 18.1 Å². The summed E-state index contributed by atoms with van der Waals surface area (Å²) in [4.78, 5) is 10.6. The van der Waals surface area contributed by atoms with E-state index in [4.69, 9.17) is 0 Å². The van der Waals surface area contributed by atoms with Gasteiger partial charge in [0.2, 0.25) is 0 Å². The molecule has 0 bridgehead atoms. The standard InChI is InChI=1S/C9H16OS/c1-7-6-11-9(2,3)4-8(7)5-10/h5,7-8H,4,6H2,1-3H3. The van der Waals surface area contributed by atoms with Crippen molar-refractivity contribution in [1.29, 1.82) is 0 Å². The maximum absolute atomic E-state index is 10.6. The summed E-state index contributed by atoms with van der Waals surface area (Å²) in [6.45, 7) is 6.61. The number of rotatable bonds is 1. The second kappa shape index (κ2) is 3.18. The van der Waals surface area contributed by atoms with Gasteiger partial charge in [-0.25, -0.2) is 0 Å². The zero-order chi connectivity index (χ0) is 8.48. The van der Waals surface area contributed by atoms with Crippen LogP contribution in [0.4, 0.5) is 0 Å². The summed E-state index contributed by atoms with van der Waals surface area (Å²) in [6, 6.07) is 0. The van der Waals surface area contributed by atoms with Crippen LogP contribution in [0.25, 0.3) is 0 Å². The fraction of sp³-hybridized carbons (Fsp3) is 0.889. The lowest BCUT2D eigenvalue weighted by Crippen LogP contribution is -2.32. The molecule has 0 spiro atoms. The first-order chi connectivity index (χ1) is 5.05. The number of hydrogen-bond donors (Lipinski definition) is 0. The van der Waals surface area contributed by atoms with Gasteiger partial charge in [-0.15, -0.1) is 0 Å². The van der Waals surface area contributed by atoms with E-state index in [1.165, 1.54) is 0 Å². The average molecular weight is 172 g/mol. The molecule has 0 aliphatic carbocycles. The first-order valence-electron chi connectivity index (χ1n) is 4.14. The molecular weight excluding hydrogens is 156 g/mol. The van der Waals surface area contributed by atoms with E-state index in [0.29, 0.717) is 16.6 Å². The van der Waals surface area contributed by atoms with Gasteiger partial charge < -0.3 is 4.79 Å². The van der Waals surface area contributed by atoms with E-state index in [-0.39, 0.29) is 0 Å². The molecule has 2 heteroatoms. The minimum atomic E-state index is 0.297. The Morgan fingerprint density at radius 3 is 2.64 bits per heavy atom. The zero-order valence-electron chi connectivity index (χ0n) is 7.46. The van der Waals surface area contributed by atoms with Gasteiger partial charge in [0.05, 0.1) is 0 Å². The molecule has 2 atom stereocenters. The highest BCUT2D eigenvalue weighted by Gasteiger charge is 2.32. The maximum Gasteiger partial charge on any atom is 0.123 e. The predicted octanol–water partition coefficient (Wildman–Crippen LogP) is 2.35. The molecule has 64 valence electrons. The van der Waals surface area contributed by atoms with Crippen LogP contribution in [0.2, 0.25) is 0 Å².